The number of aromatic amines is 1. The number of aliphatic carboxylic acids is 1. The lowest BCUT2D eigenvalue weighted by Gasteiger charge is -2.15. The number of amides is 1. The molecule has 0 saturated heterocycles. The summed E-state index contributed by atoms with van der Waals surface area (Å²) in [5, 5.41) is 8.58. The number of H-pyrrole nitrogens is 1. The fourth-order valence-electron chi connectivity index (χ4n) is 1.93. The highest BCUT2D eigenvalue weighted by Crippen LogP contribution is 2.11. The minimum Gasteiger partial charge on any atom is -0.481 e. The fourth-order valence-corrected chi connectivity index (χ4v) is 1.93. The van der Waals surface area contributed by atoms with Crippen molar-refractivity contribution in [1.29, 1.82) is 0 Å². The molecule has 20 heavy (non-hydrogen) atoms. The number of hydrogen-bond acceptors (Lipinski definition) is 3. The lowest BCUT2D eigenvalue weighted by atomic mass is 10.2. The van der Waals surface area contributed by atoms with Crippen LogP contribution in [0.15, 0.2) is 24.3 Å². The molecule has 1 aromatic heterocycles. The molecule has 0 aliphatic rings. The van der Waals surface area contributed by atoms with Crippen LogP contribution in [0.2, 0.25) is 0 Å². The molecule has 0 bridgehead atoms. The number of rotatable bonds is 6. The van der Waals surface area contributed by atoms with Crippen LogP contribution >= 0.6 is 0 Å². The molecule has 2 N–H and O–H groups in total. The number of carboxylic acids is 1. The van der Waals surface area contributed by atoms with Crippen molar-refractivity contribution < 1.29 is 14.7 Å². The first-order valence-electron chi connectivity index (χ1n) is 6.45. The van der Waals surface area contributed by atoms with E-state index in [4.69, 9.17) is 5.11 Å². The number of aromatic nitrogens is 2. The first-order chi connectivity index (χ1) is 9.56. The zero-order valence-corrected chi connectivity index (χ0v) is 11.3. The zero-order valence-electron chi connectivity index (χ0n) is 11.3. The lowest BCUT2D eigenvalue weighted by molar-refractivity contribution is -0.138. The summed E-state index contributed by atoms with van der Waals surface area (Å²) >= 11 is 0. The van der Waals surface area contributed by atoms with Gasteiger partial charge in [-0.3, -0.25) is 9.59 Å². The van der Waals surface area contributed by atoms with Crippen LogP contribution in [0.5, 0.6) is 0 Å². The smallest absolute Gasteiger partial charge is 0.305 e. The van der Waals surface area contributed by atoms with Gasteiger partial charge in [0.15, 0.2) is 0 Å². The number of imidazole rings is 1. The van der Waals surface area contributed by atoms with Crippen LogP contribution in [0.25, 0.3) is 11.0 Å². The average molecular weight is 275 g/mol. The van der Waals surface area contributed by atoms with E-state index < -0.39 is 5.97 Å². The molecular weight excluding hydrogens is 258 g/mol. The standard InChI is InChI=1S/C14H17N3O3/c1-17(9-8-14(19)20)13(18)7-6-12-15-10-4-2-3-5-11(10)16-12/h2-5H,6-9H2,1H3,(H,15,16)(H,19,20). The van der Waals surface area contributed by atoms with Gasteiger partial charge in [0.05, 0.1) is 17.5 Å². The first kappa shape index (κ1) is 14.0. The summed E-state index contributed by atoms with van der Waals surface area (Å²) in [7, 11) is 1.61. The minimum atomic E-state index is -0.901. The van der Waals surface area contributed by atoms with Crippen molar-refractivity contribution in [3.63, 3.8) is 0 Å². The predicted molar refractivity (Wildman–Crippen MR) is 74.3 cm³/mol. The number of nitrogens with one attached hydrogen (secondary N) is 1. The number of fused-ring (bicyclic) bond motifs is 1. The van der Waals surface area contributed by atoms with E-state index in [0.29, 0.717) is 12.8 Å². The Balaban J connectivity index is 1.87. The number of hydrogen-bond donors (Lipinski definition) is 2. The monoisotopic (exact) mass is 275 g/mol. The van der Waals surface area contributed by atoms with Gasteiger partial charge in [-0.25, -0.2) is 4.98 Å². The molecule has 2 rings (SSSR count). The van der Waals surface area contributed by atoms with Crippen molar-refractivity contribution in [3.8, 4) is 0 Å². The summed E-state index contributed by atoms with van der Waals surface area (Å²) in [6.45, 7) is 0.230. The number of para-hydroxylation sites is 2. The van der Waals surface area contributed by atoms with Gasteiger partial charge in [-0.2, -0.15) is 0 Å². The molecule has 0 unspecified atom stereocenters. The van der Waals surface area contributed by atoms with Gasteiger partial charge in [0.25, 0.3) is 0 Å². The van der Waals surface area contributed by atoms with Gasteiger partial charge in [0.1, 0.15) is 5.82 Å². The van der Waals surface area contributed by atoms with Crippen LogP contribution in [0.1, 0.15) is 18.7 Å². The molecule has 1 amide bonds. The van der Waals surface area contributed by atoms with Crippen molar-refractivity contribution in [2.45, 2.75) is 19.3 Å². The first-order valence-corrected chi connectivity index (χ1v) is 6.45. The van der Waals surface area contributed by atoms with Crippen LogP contribution in [0.3, 0.4) is 0 Å². The molecule has 6 heteroatoms. The van der Waals surface area contributed by atoms with Crippen molar-refractivity contribution in [2.24, 2.45) is 0 Å². The van der Waals surface area contributed by atoms with Gasteiger partial charge in [0.2, 0.25) is 5.91 Å². The summed E-state index contributed by atoms with van der Waals surface area (Å²) in [5.41, 5.74) is 1.84. The van der Waals surface area contributed by atoms with Gasteiger partial charge in [0, 0.05) is 26.4 Å². The van der Waals surface area contributed by atoms with E-state index in [0.717, 1.165) is 16.9 Å². The highest BCUT2D eigenvalue weighted by atomic mass is 16.4. The Labute approximate surface area is 116 Å². The maximum atomic E-state index is 11.8. The molecule has 0 radical (unpaired) electrons. The molecule has 1 aromatic carbocycles. The van der Waals surface area contributed by atoms with E-state index in [9.17, 15) is 9.59 Å². The van der Waals surface area contributed by atoms with Crippen LogP contribution in [-0.4, -0.2) is 45.4 Å². The molecule has 0 spiro atoms. The Kier molecular flexibility index (Phi) is 4.34. The van der Waals surface area contributed by atoms with Crippen LogP contribution in [-0.2, 0) is 16.0 Å². The molecule has 0 aliphatic heterocycles. The van der Waals surface area contributed by atoms with Gasteiger partial charge in [-0.05, 0) is 12.1 Å². The molecule has 0 fully saturated rings. The maximum Gasteiger partial charge on any atom is 0.305 e. The van der Waals surface area contributed by atoms with Crippen molar-refractivity contribution in [2.75, 3.05) is 13.6 Å². The Hall–Kier alpha value is -2.37. The summed E-state index contributed by atoms with van der Waals surface area (Å²) in [5.74, 6) is -0.208. The van der Waals surface area contributed by atoms with Gasteiger partial charge in [-0.15, -0.1) is 0 Å². The molecule has 6 nitrogen and oxygen atoms in total. The molecule has 106 valence electrons. The number of aryl methyl sites for hydroxylation is 1. The predicted octanol–water partition coefficient (Wildman–Crippen LogP) is 1.43. The van der Waals surface area contributed by atoms with Gasteiger partial charge in [-0.1, -0.05) is 12.1 Å². The summed E-state index contributed by atoms with van der Waals surface area (Å²) < 4.78 is 0. The highest BCUT2D eigenvalue weighted by Gasteiger charge is 2.11. The third kappa shape index (κ3) is 3.57. The van der Waals surface area contributed by atoms with Crippen molar-refractivity contribution >= 4 is 22.9 Å². The third-order valence-corrected chi connectivity index (χ3v) is 3.10. The Bertz CT molecular complexity index is 588. The van der Waals surface area contributed by atoms with Crippen LogP contribution in [0, 0.1) is 0 Å². The normalized spacial score (nSPS) is 10.7. The number of nitrogens with zero attached hydrogens (tertiary/aromatic N) is 2. The van der Waals surface area contributed by atoms with Crippen LogP contribution < -0.4 is 0 Å². The van der Waals surface area contributed by atoms with Gasteiger partial charge >= 0.3 is 5.97 Å². The number of carbonyl (C=O) groups is 2. The van der Waals surface area contributed by atoms with Crippen molar-refractivity contribution in [1.82, 2.24) is 14.9 Å². The topological polar surface area (TPSA) is 86.3 Å². The molecular formula is C14H17N3O3. The summed E-state index contributed by atoms with van der Waals surface area (Å²) in [4.78, 5) is 31.3. The summed E-state index contributed by atoms with van der Waals surface area (Å²) in [6.07, 6.45) is 0.799. The minimum absolute atomic E-state index is 0.0348. The molecule has 1 heterocycles. The summed E-state index contributed by atoms with van der Waals surface area (Å²) in [6, 6.07) is 7.69. The molecule has 0 aliphatic carbocycles. The van der Waals surface area contributed by atoms with E-state index >= 15 is 0 Å². The second-order valence-corrected chi connectivity index (χ2v) is 4.66. The maximum absolute atomic E-state index is 11.8. The molecule has 0 atom stereocenters. The van der Waals surface area contributed by atoms with Crippen molar-refractivity contribution in [3.05, 3.63) is 30.1 Å². The highest BCUT2D eigenvalue weighted by molar-refractivity contribution is 5.77. The van der Waals surface area contributed by atoms with E-state index in [2.05, 4.69) is 9.97 Å². The second-order valence-electron chi connectivity index (χ2n) is 4.66. The Morgan fingerprint density at radius 3 is 2.75 bits per heavy atom. The van der Waals surface area contributed by atoms with Gasteiger partial charge < -0.3 is 15.0 Å². The quantitative estimate of drug-likeness (QED) is 0.835. The largest absolute Gasteiger partial charge is 0.481 e. The number of benzene rings is 1. The average Bonchev–Trinajstić information content (AvgIpc) is 2.84. The number of carbonyl (C=O) groups excluding carboxylic acids is 1. The Morgan fingerprint density at radius 1 is 1.30 bits per heavy atom. The molecule has 0 saturated carbocycles. The number of carboxylic acid groups (broad SMARTS) is 1. The van der Waals surface area contributed by atoms with Crippen LogP contribution in [0.4, 0.5) is 0 Å². The Morgan fingerprint density at radius 2 is 2.05 bits per heavy atom. The third-order valence-electron chi connectivity index (χ3n) is 3.10. The van der Waals surface area contributed by atoms with E-state index in [-0.39, 0.29) is 18.9 Å². The zero-order chi connectivity index (χ0) is 14.5. The van der Waals surface area contributed by atoms with E-state index in [1.54, 1.807) is 7.05 Å². The second kappa shape index (κ2) is 6.18. The van der Waals surface area contributed by atoms with E-state index in [1.165, 1.54) is 4.90 Å². The SMILES string of the molecule is CN(CCC(=O)O)C(=O)CCc1nc2ccccc2[nH]1. The lowest BCUT2D eigenvalue weighted by Crippen LogP contribution is -2.29. The van der Waals surface area contributed by atoms with E-state index in [1.807, 2.05) is 24.3 Å². The fraction of sp³-hybridized carbons (Fsp3) is 0.357. The molecule has 2 aromatic rings.